The fourth-order valence-electron chi connectivity index (χ4n) is 4.42. The van der Waals surface area contributed by atoms with Gasteiger partial charge in [-0.25, -0.2) is 13.4 Å². The van der Waals surface area contributed by atoms with Gasteiger partial charge in [0.15, 0.2) is 0 Å². The molecule has 5 rings (SSSR count). The minimum Gasteiger partial charge on any atom is -0.345 e. The summed E-state index contributed by atoms with van der Waals surface area (Å²) in [4.78, 5) is 17.7. The average Bonchev–Trinajstić information content (AvgIpc) is 3.24. The predicted molar refractivity (Wildman–Crippen MR) is 153 cm³/mol. The van der Waals surface area contributed by atoms with E-state index in [1.165, 1.54) is 21.9 Å². The van der Waals surface area contributed by atoms with Gasteiger partial charge in [0.1, 0.15) is 5.82 Å². The molecule has 0 aliphatic carbocycles. The van der Waals surface area contributed by atoms with Gasteiger partial charge in [-0.15, -0.1) is 0 Å². The van der Waals surface area contributed by atoms with Crippen molar-refractivity contribution in [2.75, 3.05) is 31.1 Å². The Kier molecular flexibility index (Phi) is 8.15. The van der Waals surface area contributed by atoms with Crippen LogP contribution in [0.15, 0.2) is 71.6 Å². The van der Waals surface area contributed by atoms with E-state index in [1.807, 2.05) is 11.0 Å². The van der Waals surface area contributed by atoms with Crippen LogP contribution in [0.4, 0.5) is 10.8 Å². The summed E-state index contributed by atoms with van der Waals surface area (Å²) in [5.41, 5.74) is 2.26. The molecular weight excluding hydrogens is 581 g/mol. The van der Waals surface area contributed by atoms with Crippen molar-refractivity contribution in [2.45, 2.75) is 17.7 Å². The number of nitro groups is 1. The van der Waals surface area contributed by atoms with E-state index in [1.54, 1.807) is 54.6 Å². The molecule has 4 aromatic rings. The normalized spacial score (nSPS) is 14.8. The van der Waals surface area contributed by atoms with Crippen molar-refractivity contribution in [3.8, 4) is 11.1 Å². The summed E-state index contributed by atoms with van der Waals surface area (Å²) in [7, 11) is -3.69. The number of nitrogens with zero attached hydrogens (tertiary/aromatic N) is 5. The number of nitro benzene ring substituents is 1. The highest BCUT2D eigenvalue weighted by Gasteiger charge is 2.28. The third kappa shape index (κ3) is 6.07. The van der Waals surface area contributed by atoms with E-state index in [0.29, 0.717) is 59.2 Å². The van der Waals surface area contributed by atoms with Gasteiger partial charge in [0.05, 0.1) is 19.9 Å². The maximum Gasteiger partial charge on any atom is 0.273 e. The van der Waals surface area contributed by atoms with Crippen LogP contribution in [-0.2, 0) is 16.4 Å². The van der Waals surface area contributed by atoms with Gasteiger partial charge in [-0.1, -0.05) is 59.6 Å². The number of sulfonamides is 1. The van der Waals surface area contributed by atoms with Crippen LogP contribution >= 0.6 is 34.7 Å². The van der Waals surface area contributed by atoms with E-state index in [4.69, 9.17) is 23.2 Å². The number of hydrogen-bond donors (Lipinski definition) is 0. The number of aromatic nitrogens is 2. The van der Waals surface area contributed by atoms with Crippen molar-refractivity contribution in [1.29, 1.82) is 0 Å². The molecule has 2 heterocycles. The summed E-state index contributed by atoms with van der Waals surface area (Å²) < 4.78 is 32.7. The van der Waals surface area contributed by atoms with Gasteiger partial charge >= 0.3 is 0 Å². The molecule has 39 heavy (non-hydrogen) atoms. The molecule has 0 unspecified atom stereocenters. The summed E-state index contributed by atoms with van der Waals surface area (Å²) >= 11 is 13.3. The topological polar surface area (TPSA) is 110 Å². The van der Waals surface area contributed by atoms with Gasteiger partial charge in [-0.2, -0.15) is 8.68 Å². The Bertz CT molecular complexity index is 1610. The van der Waals surface area contributed by atoms with Gasteiger partial charge < -0.3 is 4.90 Å². The standard InChI is InChI=1S/C26H23Cl2N5O4S2/c27-22-11-8-19(16-23(22)28)18-6-9-21(10-7-18)39(36,37)32-13-3-12-31(14-15-32)26-29-25(30-38-26)17-20-4-1-2-5-24(20)33(34)35/h1-2,4-11,16H,3,12-15,17H2. The summed E-state index contributed by atoms with van der Waals surface area (Å²) in [6.07, 6.45) is 0.875. The summed E-state index contributed by atoms with van der Waals surface area (Å²) in [6.45, 7) is 1.77. The molecule has 202 valence electrons. The number of para-hydroxylation sites is 1. The lowest BCUT2D eigenvalue weighted by Crippen LogP contribution is -2.35. The molecule has 13 heteroatoms. The Morgan fingerprint density at radius 2 is 1.67 bits per heavy atom. The highest BCUT2D eigenvalue weighted by atomic mass is 35.5. The summed E-state index contributed by atoms with van der Waals surface area (Å²) in [5, 5.41) is 12.9. The van der Waals surface area contributed by atoms with Crippen molar-refractivity contribution in [2.24, 2.45) is 0 Å². The van der Waals surface area contributed by atoms with Gasteiger partial charge in [-0.05, 0) is 41.8 Å². The number of rotatable bonds is 7. The largest absolute Gasteiger partial charge is 0.345 e. The predicted octanol–water partition coefficient (Wildman–Crippen LogP) is 5.91. The van der Waals surface area contributed by atoms with Crippen molar-refractivity contribution >= 4 is 55.6 Å². The Balaban J connectivity index is 1.26. The molecule has 0 spiro atoms. The number of hydrogen-bond acceptors (Lipinski definition) is 8. The first-order valence-corrected chi connectivity index (χ1v) is 15.0. The smallest absolute Gasteiger partial charge is 0.273 e. The van der Waals surface area contributed by atoms with E-state index in [9.17, 15) is 18.5 Å². The monoisotopic (exact) mass is 603 g/mol. The van der Waals surface area contributed by atoms with Crippen molar-refractivity contribution < 1.29 is 13.3 Å². The van der Waals surface area contributed by atoms with Crippen molar-refractivity contribution in [3.05, 3.63) is 98.3 Å². The molecular formula is C26H23Cl2N5O4S2. The Labute approximate surface area is 240 Å². The second-order valence-electron chi connectivity index (χ2n) is 8.95. The highest BCUT2D eigenvalue weighted by molar-refractivity contribution is 7.89. The van der Waals surface area contributed by atoms with Gasteiger partial charge in [-0.3, -0.25) is 10.1 Å². The van der Waals surface area contributed by atoms with Crippen LogP contribution in [0.3, 0.4) is 0 Å². The van der Waals surface area contributed by atoms with Crippen LogP contribution in [0.2, 0.25) is 10.0 Å². The van der Waals surface area contributed by atoms with Crippen LogP contribution in [0.1, 0.15) is 17.8 Å². The van der Waals surface area contributed by atoms with Crippen LogP contribution < -0.4 is 4.90 Å². The zero-order valence-corrected chi connectivity index (χ0v) is 23.7. The quantitative estimate of drug-likeness (QED) is 0.191. The SMILES string of the molecule is O=[N+]([O-])c1ccccc1Cc1nsc(N2CCCN(S(=O)(=O)c3ccc(-c4ccc(Cl)c(Cl)c4)cc3)CC2)n1. The zero-order chi connectivity index (χ0) is 27.6. The molecule has 0 saturated carbocycles. The first-order chi connectivity index (χ1) is 18.7. The van der Waals surface area contributed by atoms with Crippen LogP contribution in [0.5, 0.6) is 0 Å². The fraction of sp³-hybridized carbons (Fsp3) is 0.231. The molecule has 1 aliphatic rings. The lowest BCUT2D eigenvalue weighted by Gasteiger charge is -2.21. The summed E-state index contributed by atoms with van der Waals surface area (Å²) in [6, 6.07) is 18.6. The Morgan fingerprint density at radius 3 is 2.41 bits per heavy atom. The molecule has 9 nitrogen and oxygen atoms in total. The van der Waals surface area contributed by atoms with Crippen LogP contribution in [0, 0.1) is 10.1 Å². The van der Waals surface area contributed by atoms with Crippen LogP contribution in [-0.4, -0.2) is 53.2 Å². The first kappa shape index (κ1) is 27.5. The van der Waals surface area contributed by atoms with Gasteiger partial charge in [0, 0.05) is 55.8 Å². The number of benzene rings is 3. The minimum atomic E-state index is -3.69. The molecule has 0 amide bonds. The van der Waals surface area contributed by atoms with E-state index in [2.05, 4.69) is 9.36 Å². The van der Waals surface area contributed by atoms with E-state index in [0.717, 1.165) is 11.1 Å². The lowest BCUT2D eigenvalue weighted by molar-refractivity contribution is -0.385. The fourth-order valence-corrected chi connectivity index (χ4v) is 6.93. The zero-order valence-electron chi connectivity index (χ0n) is 20.5. The third-order valence-corrected chi connectivity index (χ3v) is 9.93. The Hall–Kier alpha value is -3.09. The van der Waals surface area contributed by atoms with Crippen molar-refractivity contribution in [3.63, 3.8) is 0 Å². The molecule has 1 fully saturated rings. The second-order valence-corrected chi connectivity index (χ2v) is 12.4. The second kappa shape index (κ2) is 11.6. The van der Waals surface area contributed by atoms with Crippen LogP contribution in [0.25, 0.3) is 11.1 Å². The third-order valence-electron chi connectivity index (χ3n) is 6.46. The Morgan fingerprint density at radius 1 is 0.923 bits per heavy atom. The van der Waals surface area contributed by atoms with E-state index >= 15 is 0 Å². The van der Waals surface area contributed by atoms with E-state index < -0.39 is 14.9 Å². The first-order valence-electron chi connectivity index (χ1n) is 12.1. The summed E-state index contributed by atoms with van der Waals surface area (Å²) in [5.74, 6) is 0.500. The van der Waals surface area contributed by atoms with E-state index in [-0.39, 0.29) is 17.0 Å². The molecule has 3 aromatic carbocycles. The molecule has 1 saturated heterocycles. The molecule has 0 N–H and O–H groups in total. The number of anilines is 1. The minimum absolute atomic E-state index is 0.0365. The molecule has 0 bridgehead atoms. The maximum atomic E-state index is 13.4. The highest BCUT2D eigenvalue weighted by Crippen LogP contribution is 2.30. The molecule has 1 aliphatic heterocycles. The van der Waals surface area contributed by atoms with Gasteiger partial charge in [0.2, 0.25) is 15.2 Å². The molecule has 0 radical (unpaired) electrons. The molecule has 1 aromatic heterocycles. The average molecular weight is 605 g/mol. The van der Waals surface area contributed by atoms with Gasteiger partial charge in [0.25, 0.3) is 5.69 Å². The van der Waals surface area contributed by atoms with Crippen molar-refractivity contribution in [1.82, 2.24) is 13.7 Å². The number of halogens is 2. The lowest BCUT2D eigenvalue weighted by atomic mass is 10.1. The maximum absolute atomic E-state index is 13.4. The molecule has 0 atom stereocenters.